The molecule has 3 aliphatic rings. The Labute approximate surface area is 116 Å². The van der Waals surface area contributed by atoms with Crippen molar-refractivity contribution in [2.24, 2.45) is 0 Å². The Hall–Kier alpha value is -0.610. The maximum Gasteiger partial charge on any atom is 0.307 e. The third-order valence-electron chi connectivity index (χ3n) is 5.18. The van der Waals surface area contributed by atoms with Crippen LogP contribution in [0.4, 0.5) is 0 Å². The first-order valence-corrected chi connectivity index (χ1v) is 7.86. The molecule has 3 heterocycles. The van der Waals surface area contributed by atoms with Gasteiger partial charge in [0, 0.05) is 18.6 Å². The molecule has 108 valence electrons. The molecule has 3 atom stereocenters. The Bertz CT molecular complexity index is 314. The van der Waals surface area contributed by atoms with Gasteiger partial charge in [-0.05, 0) is 58.7 Å². The zero-order valence-corrected chi connectivity index (χ0v) is 12.0. The number of carbonyl (C=O) groups is 1. The van der Waals surface area contributed by atoms with Crippen LogP contribution in [0.5, 0.6) is 0 Å². The number of likely N-dealkylation sites (tertiary alicyclic amines) is 1. The van der Waals surface area contributed by atoms with Crippen molar-refractivity contribution < 1.29 is 9.53 Å². The topological polar surface area (TPSA) is 32.8 Å². The molecule has 3 saturated heterocycles. The summed E-state index contributed by atoms with van der Waals surface area (Å²) in [5.74, 6) is 0.0147. The number of hydrogen-bond acceptors (Lipinski definition) is 4. The number of hydrogen-bond donors (Lipinski definition) is 0. The molecular formula is C15H26N2O2. The molecule has 0 spiro atoms. The van der Waals surface area contributed by atoms with E-state index in [0.717, 1.165) is 32.5 Å². The second-order valence-electron chi connectivity index (χ2n) is 6.43. The van der Waals surface area contributed by atoms with E-state index in [1.54, 1.807) is 0 Å². The largest absolute Gasteiger partial charge is 0.462 e. The first-order chi connectivity index (χ1) is 9.22. The number of nitrogens with zero attached hydrogens (tertiary/aromatic N) is 2. The summed E-state index contributed by atoms with van der Waals surface area (Å²) in [6.45, 7) is 3.20. The Morgan fingerprint density at radius 1 is 1.16 bits per heavy atom. The highest BCUT2D eigenvalue weighted by Crippen LogP contribution is 2.35. The van der Waals surface area contributed by atoms with Gasteiger partial charge in [0.1, 0.15) is 6.10 Å². The molecule has 0 aliphatic carbocycles. The van der Waals surface area contributed by atoms with E-state index >= 15 is 0 Å². The van der Waals surface area contributed by atoms with Crippen molar-refractivity contribution in [1.82, 2.24) is 9.80 Å². The second-order valence-corrected chi connectivity index (χ2v) is 6.43. The van der Waals surface area contributed by atoms with Crippen LogP contribution < -0.4 is 0 Å². The van der Waals surface area contributed by atoms with Gasteiger partial charge in [-0.15, -0.1) is 0 Å². The summed E-state index contributed by atoms with van der Waals surface area (Å²) in [6, 6.07) is 1.30. The van der Waals surface area contributed by atoms with Gasteiger partial charge < -0.3 is 14.5 Å². The third kappa shape index (κ3) is 3.11. The minimum absolute atomic E-state index is 0.0147. The van der Waals surface area contributed by atoms with Crippen molar-refractivity contribution in [3.63, 3.8) is 0 Å². The van der Waals surface area contributed by atoms with Crippen LogP contribution in [0.15, 0.2) is 0 Å². The lowest BCUT2D eigenvalue weighted by Gasteiger charge is -2.35. The van der Waals surface area contributed by atoms with Gasteiger partial charge in [-0.25, -0.2) is 0 Å². The second kappa shape index (κ2) is 5.80. The molecule has 0 aromatic heterocycles. The standard InChI is InChI=1S/C15H26N2O2/c1-16-12-4-5-13(16)11-14(10-12)19-15(18)6-9-17-7-2-3-8-17/h12-14H,2-11H2,1H3/t12-,13+,14?. The zero-order valence-electron chi connectivity index (χ0n) is 12.0. The summed E-state index contributed by atoms with van der Waals surface area (Å²) >= 11 is 0. The van der Waals surface area contributed by atoms with Crippen molar-refractivity contribution in [3.05, 3.63) is 0 Å². The van der Waals surface area contributed by atoms with E-state index in [9.17, 15) is 4.79 Å². The Balaban J connectivity index is 1.40. The number of ether oxygens (including phenoxy) is 1. The van der Waals surface area contributed by atoms with Crippen LogP contribution in [0.25, 0.3) is 0 Å². The molecule has 0 aromatic rings. The van der Waals surface area contributed by atoms with Gasteiger partial charge in [-0.2, -0.15) is 0 Å². The molecule has 3 rings (SSSR count). The molecule has 0 amide bonds. The molecule has 4 nitrogen and oxygen atoms in total. The van der Waals surface area contributed by atoms with Crippen molar-refractivity contribution in [2.45, 2.75) is 63.1 Å². The Kier molecular flexibility index (Phi) is 4.08. The fourth-order valence-corrected chi connectivity index (χ4v) is 3.96. The summed E-state index contributed by atoms with van der Waals surface area (Å²) < 4.78 is 5.69. The van der Waals surface area contributed by atoms with Gasteiger partial charge in [0.25, 0.3) is 0 Å². The maximum atomic E-state index is 11.9. The summed E-state index contributed by atoms with van der Waals surface area (Å²) in [5.41, 5.74) is 0. The first-order valence-electron chi connectivity index (χ1n) is 7.86. The predicted molar refractivity (Wildman–Crippen MR) is 74.0 cm³/mol. The monoisotopic (exact) mass is 266 g/mol. The molecule has 1 unspecified atom stereocenters. The van der Waals surface area contributed by atoms with E-state index in [1.165, 1.54) is 25.7 Å². The highest BCUT2D eigenvalue weighted by atomic mass is 16.5. The summed E-state index contributed by atoms with van der Waals surface area (Å²) in [4.78, 5) is 16.8. The molecule has 4 heteroatoms. The lowest BCUT2D eigenvalue weighted by atomic mass is 10.0. The molecule has 0 aromatic carbocycles. The third-order valence-corrected chi connectivity index (χ3v) is 5.18. The smallest absolute Gasteiger partial charge is 0.307 e. The van der Waals surface area contributed by atoms with Gasteiger partial charge in [0.2, 0.25) is 0 Å². The molecular weight excluding hydrogens is 240 g/mol. The Morgan fingerprint density at radius 2 is 1.79 bits per heavy atom. The number of rotatable bonds is 4. The van der Waals surface area contributed by atoms with E-state index in [2.05, 4.69) is 16.8 Å². The van der Waals surface area contributed by atoms with Crippen LogP contribution >= 0.6 is 0 Å². The van der Waals surface area contributed by atoms with Crippen molar-refractivity contribution >= 4 is 5.97 Å². The van der Waals surface area contributed by atoms with Gasteiger partial charge in [0.05, 0.1) is 6.42 Å². The van der Waals surface area contributed by atoms with Crippen LogP contribution in [0.2, 0.25) is 0 Å². The number of fused-ring (bicyclic) bond motifs is 2. The van der Waals surface area contributed by atoms with Crippen molar-refractivity contribution in [1.29, 1.82) is 0 Å². The fourth-order valence-electron chi connectivity index (χ4n) is 3.96. The molecule has 0 saturated carbocycles. The lowest BCUT2D eigenvalue weighted by molar-refractivity contribution is -0.152. The maximum absolute atomic E-state index is 11.9. The number of esters is 1. The Morgan fingerprint density at radius 3 is 2.42 bits per heavy atom. The van der Waals surface area contributed by atoms with Crippen molar-refractivity contribution in [2.75, 3.05) is 26.7 Å². The number of carbonyl (C=O) groups excluding carboxylic acids is 1. The van der Waals surface area contributed by atoms with E-state index < -0.39 is 0 Å². The van der Waals surface area contributed by atoms with Crippen LogP contribution in [0.3, 0.4) is 0 Å². The van der Waals surface area contributed by atoms with Gasteiger partial charge in [0.15, 0.2) is 0 Å². The molecule has 3 fully saturated rings. The quantitative estimate of drug-likeness (QED) is 0.724. The van der Waals surface area contributed by atoms with Crippen LogP contribution in [-0.2, 0) is 9.53 Å². The van der Waals surface area contributed by atoms with Gasteiger partial charge in [-0.3, -0.25) is 4.79 Å². The van der Waals surface area contributed by atoms with Crippen LogP contribution in [0, 0.1) is 0 Å². The summed E-state index contributed by atoms with van der Waals surface area (Å²) in [7, 11) is 2.22. The van der Waals surface area contributed by atoms with Crippen LogP contribution in [0.1, 0.15) is 44.9 Å². The minimum Gasteiger partial charge on any atom is -0.462 e. The van der Waals surface area contributed by atoms with Crippen molar-refractivity contribution in [3.8, 4) is 0 Å². The average molecular weight is 266 g/mol. The molecule has 3 aliphatic heterocycles. The molecule has 2 bridgehead atoms. The number of piperidine rings is 1. The SMILES string of the molecule is CN1[C@@H]2CC[C@H]1CC(OC(=O)CCN1CCCC1)C2. The predicted octanol–water partition coefficient (Wildman–Crippen LogP) is 1.64. The van der Waals surface area contributed by atoms with E-state index in [0.29, 0.717) is 18.5 Å². The van der Waals surface area contributed by atoms with E-state index in [4.69, 9.17) is 4.74 Å². The van der Waals surface area contributed by atoms with E-state index in [-0.39, 0.29) is 12.1 Å². The molecule has 0 N–H and O–H groups in total. The fraction of sp³-hybridized carbons (Fsp3) is 0.933. The minimum atomic E-state index is 0.0147. The van der Waals surface area contributed by atoms with Crippen LogP contribution in [-0.4, -0.2) is 60.6 Å². The zero-order chi connectivity index (χ0) is 13.2. The first kappa shape index (κ1) is 13.4. The molecule has 19 heavy (non-hydrogen) atoms. The lowest BCUT2D eigenvalue weighted by Crippen LogP contribution is -2.43. The normalized spacial score (nSPS) is 35.7. The summed E-state index contributed by atoms with van der Waals surface area (Å²) in [5, 5.41) is 0. The summed E-state index contributed by atoms with van der Waals surface area (Å²) in [6.07, 6.45) is 7.97. The highest BCUT2D eigenvalue weighted by molar-refractivity contribution is 5.69. The van der Waals surface area contributed by atoms with Gasteiger partial charge >= 0.3 is 5.97 Å². The van der Waals surface area contributed by atoms with E-state index in [1.807, 2.05) is 0 Å². The molecule has 0 radical (unpaired) electrons. The average Bonchev–Trinajstić information content (AvgIpc) is 2.95. The van der Waals surface area contributed by atoms with Gasteiger partial charge in [-0.1, -0.05) is 0 Å². The highest BCUT2D eigenvalue weighted by Gasteiger charge is 2.39.